The van der Waals surface area contributed by atoms with E-state index in [0.717, 1.165) is 37.7 Å². The van der Waals surface area contributed by atoms with E-state index in [2.05, 4.69) is 21.6 Å². The zero-order valence-corrected chi connectivity index (χ0v) is 25.8. The molecule has 0 fully saturated rings. The lowest BCUT2D eigenvalue weighted by molar-refractivity contribution is -0.513. The van der Waals surface area contributed by atoms with Crippen LogP contribution in [0.2, 0.25) is 0 Å². The van der Waals surface area contributed by atoms with Gasteiger partial charge in [0.05, 0.1) is 6.61 Å². The number of hydrogen-bond acceptors (Lipinski definition) is 5. The van der Waals surface area contributed by atoms with Crippen LogP contribution < -0.4 is 4.74 Å². The molecule has 0 radical (unpaired) electrons. The van der Waals surface area contributed by atoms with Crippen molar-refractivity contribution in [1.29, 1.82) is 0 Å². The van der Waals surface area contributed by atoms with Crippen molar-refractivity contribution in [3.8, 4) is 17.1 Å². The van der Waals surface area contributed by atoms with Gasteiger partial charge >= 0.3 is 42.1 Å². The van der Waals surface area contributed by atoms with Crippen molar-refractivity contribution in [2.45, 2.75) is 100 Å². The number of halogens is 16. The molecule has 1 unspecified atom stereocenters. The molecule has 2 rings (SSSR count). The fourth-order valence-corrected chi connectivity index (χ4v) is 3.95. The molecule has 1 aromatic carbocycles. The van der Waals surface area contributed by atoms with Crippen LogP contribution in [0.5, 0.6) is 5.75 Å². The topological polar surface area (TPSA) is 53.5 Å². The van der Waals surface area contributed by atoms with Crippen molar-refractivity contribution in [3.63, 3.8) is 0 Å². The molecule has 2 aromatic rings. The molecule has 286 valence electrons. The maximum atomic E-state index is 14.1. The van der Waals surface area contributed by atoms with Gasteiger partial charge in [0.1, 0.15) is 19.0 Å². The molecule has 0 aliphatic carbocycles. The summed E-state index contributed by atoms with van der Waals surface area (Å²) < 4.78 is 222. The van der Waals surface area contributed by atoms with Gasteiger partial charge in [0, 0.05) is 18.0 Å². The van der Waals surface area contributed by atoms with Crippen molar-refractivity contribution < 1.29 is 84.5 Å². The summed E-state index contributed by atoms with van der Waals surface area (Å²) in [5.74, 6) is -29.2. The first-order chi connectivity index (χ1) is 22.8. The first-order valence-corrected chi connectivity index (χ1v) is 14.6. The Hall–Kier alpha value is -3.10. The highest BCUT2D eigenvalue weighted by Crippen LogP contribution is 2.57. The Kier molecular flexibility index (Phi) is 14.2. The second kappa shape index (κ2) is 16.5. The van der Waals surface area contributed by atoms with Crippen LogP contribution in [-0.2, 0) is 15.9 Å². The molecule has 0 aliphatic heterocycles. The van der Waals surface area contributed by atoms with Crippen LogP contribution in [0.4, 0.5) is 70.2 Å². The smallest absolute Gasteiger partial charge is 0.460 e. The Morgan fingerprint density at radius 3 is 1.70 bits per heavy atom. The standard InChI is InChI=1S/C29H30F16N2O3/c1-2-3-4-5-6-7-8-18-13-46-22(47-14-18)19-9-11-21(12-10-19)49-16-20(30)15-48-17-23(31,32)24(33,34)28(42,43)50-29(44,45)26(37,38)25(35,36)27(39,40)41/h9-14,20H,2-8,15-17H2,1H3. The fraction of sp³-hybridized carbons (Fsp3) is 0.655. The van der Waals surface area contributed by atoms with Crippen LogP contribution in [-0.4, -0.2) is 78.0 Å². The normalized spacial score (nSPS) is 14.6. The SMILES string of the molecule is CCCCCCCCc1cnc(-c2ccc(OCC(F)COCC(F)(F)C(F)(F)C(F)(F)OC(F)(F)C(F)(F)C(F)(F)C(F)(F)F)cc2)nc1. The lowest BCUT2D eigenvalue weighted by Crippen LogP contribution is -2.66. The molecule has 0 aliphatic rings. The number of benzene rings is 1. The molecule has 0 N–H and O–H groups in total. The third-order valence-electron chi connectivity index (χ3n) is 6.85. The number of ether oxygens (including phenoxy) is 3. The summed E-state index contributed by atoms with van der Waals surface area (Å²) in [7, 11) is 0. The minimum Gasteiger partial charge on any atom is -0.490 e. The zero-order valence-electron chi connectivity index (χ0n) is 25.8. The van der Waals surface area contributed by atoms with Gasteiger partial charge in [0.25, 0.3) is 0 Å². The molecular weight excluding hydrogens is 728 g/mol. The highest BCUT2D eigenvalue weighted by Gasteiger charge is 2.86. The van der Waals surface area contributed by atoms with E-state index in [-0.39, 0.29) is 5.75 Å². The van der Waals surface area contributed by atoms with Crippen molar-refractivity contribution in [1.82, 2.24) is 9.97 Å². The number of aryl methyl sites for hydroxylation is 1. The van der Waals surface area contributed by atoms with Crippen LogP contribution in [0.15, 0.2) is 36.7 Å². The average molecular weight is 759 g/mol. The molecule has 0 amide bonds. The molecule has 0 spiro atoms. The number of aromatic nitrogens is 2. The Morgan fingerprint density at radius 1 is 0.640 bits per heavy atom. The number of alkyl halides is 16. The van der Waals surface area contributed by atoms with E-state index in [4.69, 9.17) is 4.74 Å². The first-order valence-electron chi connectivity index (χ1n) is 14.6. The fourth-order valence-electron chi connectivity index (χ4n) is 3.95. The van der Waals surface area contributed by atoms with E-state index in [9.17, 15) is 70.2 Å². The van der Waals surface area contributed by atoms with E-state index < -0.39 is 68.1 Å². The Bertz CT molecular complexity index is 1320. The van der Waals surface area contributed by atoms with Crippen molar-refractivity contribution in [2.75, 3.05) is 19.8 Å². The maximum absolute atomic E-state index is 14.1. The lowest BCUT2D eigenvalue weighted by atomic mass is 10.1. The van der Waals surface area contributed by atoms with E-state index in [0.29, 0.717) is 11.4 Å². The van der Waals surface area contributed by atoms with Crippen molar-refractivity contribution in [3.05, 3.63) is 42.2 Å². The molecule has 5 nitrogen and oxygen atoms in total. The second-order valence-electron chi connectivity index (χ2n) is 10.9. The van der Waals surface area contributed by atoms with Gasteiger partial charge in [-0.05, 0) is 42.7 Å². The summed E-state index contributed by atoms with van der Waals surface area (Å²) in [6.45, 7) is -3.38. The van der Waals surface area contributed by atoms with Crippen LogP contribution in [0.3, 0.4) is 0 Å². The molecule has 1 heterocycles. The van der Waals surface area contributed by atoms with E-state index >= 15 is 0 Å². The Balaban J connectivity index is 1.90. The van der Waals surface area contributed by atoms with Crippen molar-refractivity contribution in [2.24, 2.45) is 0 Å². The monoisotopic (exact) mass is 758 g/mol. The minimum atomic E-state index is -7.99. The Morgan fingerprint density at radius 2 is 1.16 bits per heavy atom. The molecule has 50 heavy (non-hydrogen) atoms. The van der Waals surface area contributed by atoms with Crippen molar-refractivity contribution >= 4 is 0 Å². The quantitative estimate of drug-likeness (QED) is 0.0938. The molecule has 0 bridgehead atoms. The summed E-state index contributed by atoms with van der Waals surface area (Å²) in [6.07, 6.45) is -14.5. The average Bonchev–Trinajstić information content (AvgIpc) is 3.01. The maximum Gasteiger partial charge on any atom is 0.460 e. The van der Waals surface area contributed by atoms with Gasteiger partial charge in [-0.1, -0.05) is 39.0 Å². The molecular formula is C29H30F16N2O3. The molecule has 0 saturated carbocycles. The summed E-state index contributed by atoms with van der Waals surface area (Å²) in [4.78, 5) is 8.55. The molecule has 0 saturated heterocycles. The molecule has 1 aromatic heterocycles. The predicted molar refractivity (Wildman–Crippen MR) is 143 cm³/mol. The highest BCUT2D eigenvalue weighted by molar-refractivity contribution is 5.55. The largest absolute Gasteiger partial charge is 0.490 e. The van der Waals surface area contributed by atoms with Gasteiger partial charge in [0.15, 0.2) is 12.0 Å². The van der Waals surface area contributed by atoms with Crippen LogP contribution in [0.25, 0.3) is 11.4 Å². The minimum absolute atomic E-state index is 0.0152. The molecule has 21 heteroatoms. The van der Waals surface area contributed by atoms with Gasteiger partial charge < -0.3 is 9.47 Å². The van der Waals surface area contributed by atoms with E-state index in [1.54, 1.807) is 12.4 Å². The number of nitrogens with zero attached hydrogens (tertiary/aromatic N) is 2. The van der Waals surface area contributed by atoms with Gasteiger partial charge in [-0.15, -0.1) is 0 Å². The third kappa shape index (κ3) is 10.2. The zero-order chi connectivity index (χ0) is 38.2. The van der Waals surface area contributed by atoms with E-state index in [1.807, 2.05) is 0 Å². The Labute approximate surface area is 274 Å². The number of hydrogen-bond donors (Lipinski definition) is 0. The van der Waals surface area contributed by atoms with Crippen LogP contribution in [0.1, 0.15) is 51.0 Å². The summed E-state index contributed by atoms with van der Waals surface area (Å²) in [6, 6.07) is 5.57. The first kappa shape index (κ1) is 43.1. The van der Waals surface area contributed by atoms with Gasteiger partial charge in [-0.2, -0.15) is 65.9 Å². The summed E-state index contributed by atoms with van der Waals surface area (Å²) >= 11 is 0. The summed E-state index contributed by atoms with van der Waals surface area (Å²) in [5.41, 5.74) is 1.45. The summed E-state index contributed by atoms with van der Waals surface area (Å²) in [5, 5.41) is 0. The van der Waals surface area contributed by atoms with Crippen LogP contribution >= 0.6 is 0 Å². The molecule has 1 atom stereocenters. The second-order valence-corrected chi connectivity index (χ2v) is 10.9. The van der Waals surface area contributed by atoms with Crippen LogP contribution in [0, 0.1) is 0 Å². The third-order valence-corrected chi connectivity index (χ3v) is 6.85. The van der Waals surface area contributed by atoms with Gasteiger partial charge in [-0.3, -0.25) is 0 Å². The van der Waals surface area contributed by atoms with Gasteiger partial charge in [0.2, 0.25) is 0 Å². The lowest BCUT2D eigenvalue weighted by Gasteiger charge is -2.37. The highest BCUT2D eigenvalue weighted by atomic mass is 19.4. The van der Waals surface area contributed by atoms with Gasteiger partial charge in [-0.25, -0.2) is 19.1 Å². The van der Waals surface area contributed by atoms with E-state index in [1.165, 1.54) is 41.8 Å². The predicted octanol–water partition coefficient (Wildman–Crippen LogP) is 10.1. The number of rotatable bonds is 21. The number of unbranched alkanes of at least 4 members (excludes halogenated alkanes) is 5.